The van der Waals surface area contributed by atoms with Crippen molar-refractivity contribution in [3.63, 3.8) is 0 Å². The van der Waals surface area contributed by atoms with Crippen LogP contribution in [0.5, 0.6) is 0 Å². The van der Waals surface area contributed by atoms with Gasteiger partial charge in [0, 0.05) is 16.3 Å². The molecule has 1 aromatic heterocycles. The van der Waals surface area contributed by atoms with Gasteiger partial charge in [-0.25, -0.2) is 13.2 Å². The van der Waals surface area contributed by atoms with Gasteiger partial charge in [-0.2, -0.15) is 5.10 Å². The Bertz CT molecular complexity index is 752. The molecular weight excluding hydrogens is 336 g/mol. The highest BCUT2D eigenvalue weighted by atomic mass is 79.9. The number of H-pyrrole nitrogens is 1. The standard InChI is InChI=1S/C11H9BrN2O4S/c1-19(17,18)8-3-6(2-7(12)4-8)9-5-10(11(15)16)14-13-9/h2-5H,1H3,(H,13,14)(H,15,16). The van der Waals surface area contributed by atoms with Crippen LogP contribution in [0.3, 0.4) is 0 Å². The molecule has 0 aliphatic carbocycles. The molecule has 19 heavy (non-hydrogen) atoms. The van der Waals surface area contributed by atoms with Gasteiger partial charge in [-0.3, -0.25) is 5.10 Å². The summed E-state index contributed by atoms with van der Waals surface area (Å²) < 4.78 is 23.7. The summed E-state index contributed by atoms with van der Waals surface area (Å²) in [5, 5.41) is 15.0. The third kappa shape index (κ3) is 3.02. The minimum atomic E-state index is -3.35. The van der Waals surface area contributed by atoms with Crippen LogP contribution in [0.25, 0.3) is 11.3 Å². The normalized spacial score (nSPS) is 11.5. The van der Waals surface area contributed by atoms with Crippen molar-refractivity contribution >= 4 is 31.7 Å². The fourth-order valence-electron chi connectivity index (χ4n) is 1.50. The second-order valence-electron chi connectivity index (χ2n) is 3.92. The van der Waals surface area contributed by atoms with Crippen LogP contribution in [0.4, 0.5) is 0 Å². The van der Waals surface area contributed by atoms with Gasteiger partial charge in [-0.05, 0) is 24.3 Å². The number of halogens is 1. The maximum atomic E-state index is 11.5. The fourth-order valence-corrected chi connectivity index (χ4v) is 2.83. The van der Waals surface area contributed by atoms with E-state index in [9.17, 15) is 13.2 Å². The predicted molar refractivity (Wildman–Crippen MR) is 71.8 cm³/mol. The molecule has 2 rings (SSSR count). The van der Waals surface area contributed by atoms with E-state index in [4.69, 9.17) is 5.11 Å². The number of benzene rings is 1. The number of aromatic amines is 1. The summed E-state index contributed by atoms with van der Waals surface area (Å²) in [7, 11) is -3.35. The Balaban J connectivity index is 2.56. The topological polar surface area (TPSA) is 100 Å². The van der Waals surface area contributed by atoms with Gasteiger partial charge in [0.2, 0.25) is 0 Å². The Morgan fingerprint density at radius 3 is 2.53 bits per heavy atom. The maximum absolute atomic E-state index is 11.5. The minimum Gasteiger partial charge on any atom is -0.477 e. The lowest BCUT2D eigenvalue weighted by Gasteiger charge is -2.03. The van der Waals surface area contributed by atoms with Crippen molar-refractivity contribution in [3.8, 4) is 11.3 Å². The van der Waals surface area contributed by atoms with Crippen LogP contribution in [0.1, 0.15) is 10.5 Å². The number of carboxylic acids is 1. The molecule has 2 N–H and O–H groups in total. The van der Waals surface area contributed by atoms with Crippen molar-refractivity contribution in [3.05, 3.63) is 34.4 Å². The third-order valence-electron chi connectivity index (χ3n) is 2.40. The summed E-state index contributed by atoms with van der Waals surface area (Å²) in [5.74, 6) is -1.13. The van der Waals surface area contributed by atoms with Crippen molar-refractivity contribution in [2.24, 2.45) is 0 Å². The SMILES string of the molecule is CS(=O)(=O)c1cc(Br)cc(-c2cc(C(=O)O)[nH]n2)c1. The van der Waals surface area contributed by atoms with Crippen LogP contribution in [0.2, 0.25) is 0 Å². The predicted octanol–water partition coefficient (Wildman–Crippen LogP) is 1.94. The van der Waals surface area contributed by atoms with Gasteiger partial charge in [0.15, 0.2) is 9.84 Å². The first-order valence-electron chi connectivity index (χ1n) is 5.07. The van der Waals surface area contributed by atoms with Gasteiger partial charge >= 0.3 is 5.97 Å². The van der Waals surface area contributed by atoms with Crippen molar-refractivity contribution in [1.82, 2.24) is 10.2 Å². The summed E-state index contributed by atoms with van der Waals surface area (Å²) in [5.41, 5.74) is 0.818. The molecule has 1 heterocycles. The van der Waals surface area contributed by atoms with Crippen LogP contribution in [0, 0.1) is 0 Å². The first-order chi connectivity index (χ1) is 8.77. The largest absolute Gasteiger partial charge is 0.477 e. The molecule has 0 saturated heterocycles. The molecule has 0 bridgehead atoms. The number of aromatic nitrogens is 2. The molecule has 0 atom stereocenters. The third-order valence-corrected chi connectivity index (χ3v) is 3.95. The van der Waals surface area contributed by atoms with Crippen LogP contribution < -0.4 is 0 Å². The summed E-state index contributed by atoms with van der Waals surface area (Å²) in [6.45, 7) is 0. The molecule has 8 heteroatoms. The van der Waals surface area contributed by atoms with Crippen molar-refractivity contribution in [2.45, 2.75) is 4.90 Å². The smallest absolute Gasteiger partial charge is 0.353 e. The molecule has 0 aliphatic heterocycles. The Morgan fingerprint density at radius 2 is 2.00 bits per heavy atom. The highest BCUT2D eigenvalue weighted by Gasteiger charge is 2.14. The second kappa shape index (κ2) is 4.78. The molecule has 2 aromatic rings. The number of hydrogen-bond donors (Lipinski definition) is 2. The average Bonchev–Trinajstić information content (AvgIpc) is 2.76. The zero-order chi connectivity index (χ0) is 14.2. The van der Waals surface area contributed by atoms with E-state index in [1.165, 1.54) is 18.2 Å². The van der Waals surface area contributed by atoms with E-state index in [-0.39, 0.29) is 10.6 Å². The van der Waals surface area contributed by atoms with E-state index in [1.807, 2.05) is 0 Å². The number of aromatic carboxylic acids is 1. The van der Waals surface area contributed by atoms with Crippen LogP contribution in [-0.2, 0) is 9.84 Å². The number of hydrogen-bond acceptors (Lipinski definition) is 4. The molecule has 1 aromatic carbocycles. The number of nitrogens with zero attached hydrogens (tertiary/aromatic N) is 1. The van der Waals surface area contributed by atoms with E-state index in [2.05, 4.69) is 26.1 Å². The molecular formula is C11H9BrN2O4S. The monoisotopic (exact) mass is 344 g/mol. The number of nitrogens with one attached hydrogen (secondary N) is 1. The molecule has 0 fully saturated rings. The zero-order valence-corrected chi connectivity index (χ0v) is 12.1. The van der Waals surface area contributed by atoms with E-state index >= 15 is 0 Å². The van der Waals surface area contributed by atoms with Gasteiger partial charge in [0.1, 0.15) is 5.69 Å². The van der Waals surface area contributed by atoms with Crippen LogP contribution >= 0.6 is 15.9 Å². The van der Waals surface area contributed by atoms with E-state index in [0.29, 0.717) is 15.7 Å². The fraction of sp³-hybridized carbons (Fsp3) is 0.0909. The summed E-state index contributed by atoms with van der Waals surface area (Å²) in [6.07, 6.45) is 1.10. The molecule has 0 unspecified atom stereocenters. The Kier molecular flexibility index (Phi) is 3.46. The Labute approximate surface area is 117 Å². The highest BCUT2D eigenvalue weighted by Crippen LogP contribution is 2.26. The van der Waals surface area contributed by atoms with E-state index in [0.717, 1.165) is 6.26 Å². The summed E-state index contributed by atoms with van der Waals surface area (Å²) >= 11 is 3.22. The molecule has 0 radical (unpaired) electrons. The second-order valence-corrected chi connectivity index (χ2v) is 6.85. The number of carboxylic acid groups (broad SMARTS) is 1. The number of rotatable bonds is 3. The van der Waals surface area contributed by atoms with Crippen molar-refractivity contribution in [2.75, 3.05) is 6.26 Å². The average molecular weight is 345 g/mol. The summed E-state index contributed by atoms with van der Waals surface area (Å²) in [4.78, 5) is 10.9. The van der Waals surface area contributed by atoms with Crippen molar-refractivity contribution < 1.29 is 18.3 Å². The quantitative estimate of drug-likeness (QED) is 0.886. The van der Waals surface area contributed by atoms with E-state index in [1.54, 1.807) is 6.07 Å². The Hall–Kier alpha value is -1.67. The first-order valence-corrected chi connectivity index (χ1v) is 7.75. The lowest BCUT2D eigenvalue weighted by atomic mass is 10.1. The molecule has 6 nitrogen and oxygen atoms in total. The molecule has 0 spiro atoms. The van der Waals surface area contributed by atoms with Gasteiger partial charge in [0.05, 0.1) is 10.6 Å². The highest BCUT2D eigenvalue weighted by molar-refractivity contribution is 9.10. The lowest BCUT2D eigenvalue weighted by Crippen LogP contribution is -1.97. The molecule has 100 valence electrons. The molecule has 0 saturated carbocycles. The van der Waals surface area contributed by atoms with Crippen LogP contribution in [0.15, 0.2) is 33.6 Å². The van der Waals surface area contributed by atoms with Gasteiger partial charge < -0.3 is 5.11 Å². The Morgan fingerprint density at radius 1 is 1.32 bits per heavy atom. The number of carbonyl (C=O) groups is 1. The zero-order valence-electron chi connectivity index (χ0n) is 9.71. The van der Waals surface area contributed by atoms with Gasteiger partial charge in [-0.15, -0.1) is 0 Å². The number of sulfone groups is 1. The molecule has 0 aliphatic rings. The van der Waals surface area contributed by atoms with Gasteiger partial charge in [-0.1, -0.05) is 15.9 Å². The van der Waals surface area contributed by atoms with Gasteiger partial charge in [0.25, 0.3) is 0 Å². The summed E-state index contributed by atoms with van der Waals surface area (Å²) in [6, 6.07) is 5.93. The maximum Gasteiger partial charge on any atom is 0.353 e. The van der Waals surface area contributed by atoms with Crippen molar-refractivity contribution in [1.29, 1.82) is 0 Å². The van der Waals surface area contributed by atoms with E-state index < -0.39 is 15.8 Å². The molecule has 0 amide bonds. The lowest BCUT2D eigenvalue weighted by molar-refractivity contribution is 0.0690. The first kappa shape index (κ1) is 13.8. The minimum absolute atomic E-state index is 0.0594. The van der Waals surface area contributed by atoms with Crippen LogP contribution in [-0.4, -0.2) is 35.9 Å².